The minimum atomic E-state index is -0.387. The number of ketones is 2. The molecule has 22 heavy (non-hydrogen) atoms. The fourth-order valence-electron chi connectivity index (χ4n) is 6.37. The van der Waals surface area contributed by atoms with Crippen LogP contribution in [0, 0.1) is 34.5 Å². The molecular formula is C19H26O3. The Hall–Kier alpha value is -0.960. The molecule has 3 saturated carbocycles. The molecule has 7 atom stereocenters. The van der Waals surface area contributed by atoms with Gasteiger partial charge in [0.05, 0.1) is 6.10 Å². The maximum atomic E-state index is 12.3. The molecule has 0 bridgehead atoms. The third-order valence-electron chi connectivity index (χ3n) is 7.77. The van der Waals surface area contributed by atoms with Crippen LogP contribution in [0.4, 0.5) is 0 Å². The highest BCUT2D eigenvalue weighted by atomic mass is 16.3. The van der Waals surface area contributed by atoms with Crippen LogP contribution in [0.5, 0.6) is 0 Å². The van der Waals surface area contributed by atoms with Gasteiger partial charge >= 0.3 is 0 Å². The standard InChI is InChI=1S/C19H26O3/c1-18-7-5-11(20)9-15(18)16(21)10-12-13-3-4-17(22)19(13,2)8-6-14(12)18/h3-4,12-16,21H,5-10H2,1-2H3/t12-,13-,14-,15?,16-,18+,19-/m0/s1. The number of allylic oxidation sites excluding steroid dienone is 2. The second kappa shape index (κ2) is 4.53. The molecule has 4 aliphatic carbocycles. The zero-order valence-electron chi connectivity index (χ0n) is 13.5. The Labute approximate surface area is 132 Å². The highest BCUT2D eigenvalue weighted by Gasteiger charge is 2.61. The van der Waals surface area contributed by atoms with E-state index >= 15 is 0 Å². The molecule has 0 aromatic heterocycles. The quantitative estimate of drug-likeness (QED) is 0.748. The first-order valence-electron chi connectivity index (χ1n) is 8.79. The highest BCUT2D eigenvalue weighted by molar-refractivity contribution is 5.97. The van der Waals surface area contributed by atoms with Crippen LogP contribution >= 0.6 is 0 Å². The van der Waals surface area contributed by atoms with Gasteiger partial charge in [-0.25, -0.2) is 0 Å². The summed E-state index contributed by atoms with van der Waals surface area (Å²) in [6.07, 6.45) is 8.42. The number of carbonyl (C=O) groups excluding carboxylic acids is 2. The largest absolute Gasteiger partial charge is 0.393 e. The number of hydrogen-bond acceptors (Lipinski definition) is 3. The summed E-state index contributed by atoms with van der Waals surface area (Å²) in [5.41, 5.74) is -0.175. The molecule has 0 aromatic carbocycles. The maximum absolute atomic E-state index is 12.3. The molecule has 0 heterocycles. The SMILES string of the molecule is C[C@]12CCC(=O)CC1[C@@H](O)C[C@@H]1[C@@H]2CC[C@]2(C)C(=O)C=C[C@@H]12. The van der Waals surface area contributed by atoms with Crippen molar-refractivity contribution in [2.24, 2.45) is 34.5 Å². The van der Waals surface area contributed by atoms with E-state index in [2.05, 4.69) is 19.9 Å². The van der Waals surface area contributed by atoms with Crippen molar-refractivity contribution in [3.63, 3.8) is 0 Å². The molecule has 3 nitrogen and oxygen atoms in total. The van der Waals surface area contributed by atoms with Crippen LogP contribution in [0.3, 0.4) is 0 Å². The average molecular weight is 302 g/mol. The predicted molar refractivity (Wildman–Crippen MR) is 83.0 cm³/mol. The van der Waals surface area contributed by atoms with Gasteiger partial charge in [0, 0.05) is 18.3 Å². The number of Topliss-reactive ketones (excluding diaryl/α,β-unsaturated/α-hetero) is 1. The third-order valence-corrected chi connectivity index (χ3v) is 7.77. The Morgan fingerprint density at radius 2 is 1.95 bits per heavy atom. The summed E-state index contributed by atoms with van der Waals surface area (Å²) in [7, 11) is 0. The van der Waals surface area contributed by atoms with Crippen molar-refractivity contribution < 1.29 is 14.7 Å². The van der Waals surface area contributed by atoms with Crippen LogP contribution in [0.2, 0.25) is 0 Å². The van der Waals surface area contributed by atoms with E-state index in [4.69, 9.17) is 0 Å². The summed E-state index contributed by atoms with van der Waals surface area (Å²) in [4.78, 5) is 24.2. The second-order valence-electron chi connectivity index (χ2n) is 8.63. The lowest BCUT2D eigenvalue weighted by Crippen LogP contribution is -2.58. The van der Waals surface area contributed by atoms with Crippen molar-refractivity contribution in [1.29, 1.82) is 0 Å². The summed E-state index contributed by atoms with van der Waals surface area (Å²) in [6, 6.07) is 0. The molecular weight excluding hydrogens is 276 g/mol. The Bertz CT molecular complexity index is 565. The number of rotatable bonds is 0. The van der Waals surface area contributed by atoms with Gasteiger partial charge in [-0.1, -0.05) is 19.9 Å². The van der Waals surface area contributed by atoms with Crippen molar-refractivity contribution in [3.05, 3.63) is 12.2 Å². The first-order valence-corrected chi connectivity index (χ1v) is 8.79. The van der Waals surface area contributed by atoms with Gasteiger partial charge in [-0.05, 0) is 60.8 Å². The molecule has 4 aliphatic rings. The van der Waals surface area contributed by atoms with Gasteiger partial charge < -0.3 is 5.11 Å². The number of carbonyl (C=O) groups is 2. The lowest BCUT2D eigenvalue weighted by molar-refractivity contribution is -0.162. The molecule has 0 spiro atoms. The fourth-order valence-corrected chi connectivity index (χ4v) is 6.37. The monoisotopic (exact) mass is 302 g/mol. The number of aliphatic hydroxyl groups excluding tert-OH is 1. The van der Waals surface area contributed by atoms with Crippen molar-refractivity contribution in [2.45, 2.75) is 58.5 Å². The predicted octanol–water partition coefficient (Wildman–Crippen LogP) is 2.91. The Balaban J connectivity index is 1.71. The summed E-state index contributed by atoms with van der Waals surface area (Å²) >= 11 is 0. The second-order valence-corrected chi connectivity index (χ2v) is 8.63. The lowest BCUT2D eigenvalue weighted by atomic mass is 9.44. The smallest absolute Gasteiger partial charge is 0.161 e. The summed E-state index contributed by atoms with van der Waals surface area (Å²) in [5.74, 6) is 1.94. The van der Waals surface area contributed by atoms with Gasteiger partial charge in [0.15, 0.2) is 5.78 Å². The van der Waals surface area contributed by atoms with E-state index in [9.17, 15) is 14.7 Å². The zero-order chi connectivity index (χ0) is 15.7. The molecule has 3 fully saturated rings. The van der Waals surface area contributed by atoms with E-state index in [1.807, 2.05) is 0 Å². The summed E-state index contributed by atoms with van der Waals surface area (Å²) in [5, 5.41) is 10.7. The summed E-state index contributed by atoms with van der Waals surface area (Å²) < 4.78 is 0. The Kier molecular flexibility index (Phi) is 3.01. The fraction of sp³-hybridized carbons (Fsp3) is 0.789. The van der Waals surface area contributed by atoms with Gasteiger partial charge in [-0.15, -0.1) is 0 Å². The molecule has 120 valence electrons. The van der Waals surface area contributed by atoms with E-state index in [1.165, 1.54) is 0 Å². The minimum Gasteiger partial charge on any atom is -0.393 e. The van der Waals surface area contributed by atoms with Crippen LogP contribution in [0.25, 0.3) is 0 Å². The first kappa shape index (κ1) is 14.6. The van der Waals surface area contributed by atoms with Crippen molar-refractivity contribution in [1.82, 2.24) is 0 Å². The van der Waals surface area contributed by atoms with Gasteiger partial charge in [0.1, 0.15) is 5.78 Å². The molecule has 4 rings (SSSR count). The molecule has 0 saturated heterocycles. The van der Waals surface area contributed by atoms with E-state index in [1.54, 1.807) is 6.08 Å². The molecule has 3 heteroatoms. The Morgan fingerprint density at radius 1 is 1.18 bits per heavy atom. The number of fused-ring (bicyclic) bond motifs is 5. The van der Waals surface area contributed by atoms with Crippen LogP contribution in [0.1, 0.15) is 52.4 Å². The topological polar surface area (TPSA) is 54.4 Å². The van der Waals surface area contributed by atoms with Gasteiger partial charge in [0.25, 0.3) is 0 Å². The molecule has 0 radical (unpaired) electrons. The number of aliphatic hydroxyl groups is 1. The molecule has 0 aliphatic heterocycles. The summed E-state index contributed by atoms with van der Waals surface area (Å²) in [6.45, 7) is 4.41. The van der Waals surface area contributed by atoms with Crippen LogP contribution < -0.4 is 0 Å². The number of hydrogen-bond donors (Lipinski definition) is 1. The average Bonchev–Trinajstić information content (AvgIpc) is 2.77. The minimum absolute atomic E-state index is 0.0665. The van der Waals surface area contributed by atoms with Crippen LogP contribution in [-0.4, -0.2) is 22.8 Å². The van der Waals surface area contributed by atoms with E-state index in [0.717, 1.165) is 25.7 Å². The van der Waals surface area contributed by atoms with Gasteiger partial charge in [-0.3, -0.25) is 9.59 Å². The Morgan fingerprint density at radius 3 is 2.73 bits per heavy atom. The van der Waals surface area contributed by atoms with E-state index in [-0.39, 0.29) is 34.6 Å². The van der Waals surface area contributed by atoms with Crippen molar-refractivity contribution in [3.8, 4) is 0 Å². The maximum Gasteiger partial charge on any atom is 0.161 e. The lowest BCUT2D eigenvalue weighted by Gasteiger charge is -2.60. The molecule has 1 unspecified atom stereocenters. The van der Waals surface area contributed by atoms with E-state index in [0.29, 0.717) is 30.5 Å². The van der Waals surface area contributed by atoms with Crippen LogP contribution in [-0.2, 0) is 9.59 Å². The highest BCUT2D eigenvalue weighted by Crippen LogP contribution is 2.64. The normalized spacial score (nSPS) is 53.9. The van der Waals surface area contributed by atoms with Crippen molar-refractivity contribution in [2.75, 3.05) is 0 Å². The molecule has 1 N–H and O–H groups in total. The van der Waals surface area contributed by atoms with Gasteiger partial charge in [0.2, 0.25) is 0 Å². The first-order chi connectivity index (χ1) is 10.4. The molecule has 0 amide bonds. The van der Waals surface area contributed by atoms with E-state index < -0.39 is 0 Å². The zero-order valence-corrected chi connectivity index (χ0v) is 13.5. The third kappa shape index (κ3) is 1.72. The van der Waals surface area contributed by atoms with Crippen LogP contribution in [0.15, 0.2) is 12.2 Å². The molecule has 0 aromatic rings. The van der Waals surface area contributed by atoms with Crippen molar-refractivity contribution >= 4 is 11.6 Å². The van der Waals surface area contributed by atoms with Gasteiger partial charge in [-0.2, -0.15) is 0 Å².